The van der Waals surface area contributed by atoms with Gasteiger partial charge in [0.05, 0.1) is 29.4 Å². The summed E-state index contributed by atoms with van der Waals surface area (Å²) in [5.41, 5.74) is 1.14. The van der Waals surface area contributed by atoms with E-state index in [1.807, 2.05) is 6.07 Å². The van der Waals surface area contributed by atoms with E-state index in [-0.39, 0.29) is 6.04 Å². The van der Waals surface area contributed by atoms with Crippen molar-refractivity contribution in [3.05, 3.63) is 22.9 Å². The molecule has 1 aromatic heterocycles. The van der Waals surface area contributed by atoms with E-state index in [2.05, 4.69) is 25.8 Å². The molecule has 1 saturated heterocycles. The van der Waals surface area contributed by atoms with Gasteiger partial charge < -0.3 is 9.64 Å². The zero-order valence-corrected chi connectivity index (χ0v) is 10.5. The third-order valence-electron chi connectivity index (χ3n) is 2.47. The van der Waals surface area contributed by atoms with Gasteiger partial charge in [-0.05, 0) is 22.0 Å². The first-order chi connectivity index (χ1) is 7.33. The third-order valence-corrected chi connectivity index (χ3v) is 3.43. The van der Waals surface area contributed by atoms with Crippen LogP contribution < -0.4 is 4.90 Å². The van der Waals surface area contributed by atoms with Crippen molar-refractivity contribution in [1.82, 2.24) is 4.98 Å². The molecule has 15 heavy (non-hydrogen) atoms. The van der Waals surface area contributed by atoms with Crippen molar-refractivity contribution in [1.29, 1.82) is 0 Å². The molecule has 3 nitrogen and oxygen atoms in total. The number of aromatic nitrogens is 1. The Labute approximate surface area is 103 Å². The molecule has 1 fully saturated rings. The minimum atomic E-state index is 0.249. The molecule has 1 aliphatic heterocycles. The van der Waals surface area contributed by atoms with Crippen LogP contribution in [0.3, 0.4) is 0 Å². The second kappa shape index (κ2) is 5.14. The largest absolute Gasteiger partial charge is 0.377 e. The highest BCUT2D eigenvalue weighted by atomic mass is 79.9. The highest BCUT2D eigenvalue weighted by Crippen LogP contribution is 2.27. The first-order valence-electron chi connectivity index (χ1n) is 4.83. The van der Waals surface area contributed by atoms with Gasteiger partial charge in [-0.25, -0.2) is 0 Å². The molecule has 1 atom stereocenters. The van der Waals surface area contributed by atoms with Gasteiger partial charge in [0.2, 0.25) is 0 Å². The van der Waals surface area contributed by atoms with Gasteiger partial charge in [-0.2, -0.15) is 0 Å². The summed E-state index contributed by atoms with van der Waals surface area (Å²) in [6.07, 6.45) is 3.59. The maximum Gasteiger partial charge on any atom is 0.0682 e. The summed E-state index contributed by atoms with van der Waals surface area (Å²) in [5, 5.41) is 0. The van der Waals surface area contributed by atoms with Crippen LogP contribution in [0.5, 0.6) is 0 Å². The van der Waals surface area contributed by atoms with E-state index in [0.29, 0.717) is 12.5 Å². The predicted octanol–water partition coefficient (Wildman–Crippen LogP) is 2.29. The molecule has 5 heteroatoms. The number of hydrogen-bond acceptors (Lipinski definition) is 3. The molecular weight excluding hydrogens is 279 g/mol. The summed E-state index contributed by atoms with van der Waals surface area (Å²) in [7, 11) is 0. The van der Waals surface area contributed by atoms with Crippen LogP contribution in [-0.4, -0.2) is 36.7 Å². The molecular formula is C10H12BrClN2O. The van der Waals surface area contributed by atoms with Crippen LogP contribution in [-0.2, 0) is 4.74 Å². The Morgan fingerprint density at radius 3 is 3.27 bits per heavy atom. The molecule has 0 amide bonds. The zero-order chi connectivity index (χ0) is 10.7. The average molecular weight is 292 g/mol. The lowest BCUT2D eigenvalue weighted by Gasteiger charge is -2.36. The minimum Gasteiger partial charge on any atom is -0.377 e. The van der Waals surface area contributed by atoms with Gasteiger partial charge in [-0.1, -0.05) is 0 Å². The second-order valence-corrected chi connectivity index (χ2v) is 4.57. The summed E-state index contributed by atoms with van der Waals surface area (Å²) in [6, 6.07) is 2.24. The number of anilines is 1. The van der Waals surface area contributed by atoms with Gasteiger partial charge in [-0.15, -0.1) is 11.6 Å². The Morgan fingerprint density at radius 1 is 1.67 bits per heavy atom. The van der Waals surface area contributed by atoms with Gasteiger partial charge in [0, 0.05) is 24.8 Å². The molecule has 0 spiro atoms. The molecule has 2 heterocycles. The van der Waals surface area contributed by atoms with Crippen molar-refractivity contribution in [2.45, 2.75) is 6.04 Å². The molecule has 0 N–H and O–H groups in total. The topological polar surface area (TPSA) is 25.4 Å². The standard InChI is InChI=1S/C10H12BrClN2O/c11-9-6-13-2-1-10(9)14-3-4-15-7-8(14)5-12/h1-2,6,8H,3-5,7H2. The number of nitrogens with zero attached hydrogens (tertiary/aromatic N) is 2. The lowest BCUT2D eigenvalue weighted by atomic mass is 10.2. The van der Waals surface area contributed by atoms with E-state index in [1.54, 1.807) is 12.4 Å². The van der Waals surface area contributed by atoms with Crippen LogP contribution in [0, 0.1) is 0 Å². The molecule has 0 saturated carbocycles. The molecule has 2 rings (SSSR count). The number of rotatable bonds is 2. The Bertz CT molecular complexity index is 337. The Morgan fingerprint density at radius 2 is 2.53 bits per heavy atom. The molecule has 1 aliphatic rings. The van der Waals surface area contributed by atoms with Crippen molar-refractivity contribution in [3.8, 4) is 0 Å². The summed E-state index contributed by atoms with van der Waals surface area (Å²) < 4.78 is 6.41. The van der Waals surface area contributed by atoms with E-state index in [0.717, 1.165) is 23.3 Å². The van der Waals surface area contributed by atoms with Crippen molar-refractivity contribution in [2.24, 2.45) is 0 Å². The van der Waals surface area contributed by atoms with Gasteiger partial charge >= 0.3 is 0 Å². The van der Waals surface area contributed by atoms with Crippen LogP contribution in [0.15, 0.2) is 22.9 Å². The Hall–Kier alpha value is -0.320. The molecule has 0 aliphatic carbocycles. The van der Waals surface area contributed by atoms with Crippen molar-refractivity contribution < 1.29 is 4.74 Å². The zero-order valence-electron chi connectivity index (χ0n) is 8.20. The van der Waals surface area contributed by atoms with E-state index in [4.69, 9.17) is 16.3 Å². The fourth-order valence-corrected chi connectivity index (χ4v) is 2.43. The molecule has 0 bridgehead atoms. The summed E-state index contributed by atoms with van der Waals surface area (Å²) >= 11 is 9.43. The maximum absolute atomic E-state index is 5.92. The molecule has 1 unspecified atom stereocenters. The molecule has 1 aromatic rings. The average Bonchev–Trinajstić information content (AvgIpc) is 2.30. The lowest BCUT2D eigenvalue weighted by Crippen LogP contribution is -2.46. The molecule has 82 valence electrons. The van der Waals surface area contributed by atoms with Crippen LogP contribution >= 0.6 is 27.5 Å². The molecule has 0 radical (unpaired) electrons. The van der Waals surface area contributed by atoms with Gasteiger partial charge in [-0.3, -0.25) is 4.98 Å². The number of ether oxygens (including phenoxy) is 1. The van der Waals surface area contributed by atoms with Crippen molar-refractivity contribution >= 4 is 33.2 Å². The third kappa shape index (κ3) is 2.44. The van der Waals surface area contributed by atoms with E-state index in [1.165, 1.54) is 0 Å². The Kier molecular flexibility index (Phi) is 3.83. The van der Waals surface area contributed by atoms with Gasteiger partial charge in [0.1, 0.15) is 0 Å². The maximum atomic E-state index is 5.92. The fraction of sp³-hybridized carbons (Fsp3) is 0.500. The van der Waals surface area contributed by atoms with Crippen molar-refractivity contribution in [2.75, 3.05) is 30.5 Å². The fourth-order valence-electron chi connectivity index (χ4n) is 1.70. The summed E-state index contributed by atoms with van der Waals surface area (Å²) in [5.74, 6) is 0.578. The number of pyridine rings is 1. The quantitative estimate of drug-likeness (QED) is 0.782. The lowest BCUT2D eigenvalue weighted by molar-refractivity contribution is 0.0997. The SMILES string of the molecule is ClCC1COCCN1c1ccncc1Br. The molecule has 0 aromatic carbocycles. The van der Waals surface area contributed by atoms with Crippen molar-refractivity contribution in [3.63, 3.8) is 0 Å². The van der Waals surface area contributed by atoms with Gasteiger partial charge in [0.25, 0.3) is 0 Å². The number of morpholine rings is 1. The van der Waals surface area contributed by atoms with E-state index < -0.39 is 0 Å². The monoisotopic (exact) mass is 290 g/mol. The number of hydrogen-bond donors (Lipinski definition) is 0. The van der Waals surface area contributed by atoms with Crippen LogP contribution in [0.4, 0.5) is 5.69 Å². The smallest absolute Gasteiger partial charge is 0.0682 e. The second-order valence-electron chi connectivity index (χ2n) is 3.40. The predicted molar refractivity (Wildman–Crippen MR) is 64.6 cm³/mol. The highest BCUT2D eigenvalue weighted by molar-refractivity contribution is 9.10. The highest BCUT2D eigenvalue weighted by Gasteiger charge is 2.23. The van der Waals surface area contributed by atoms with Crippen LogP contribution in [0.1, 0.15) is 0 Å². The first-order valence-corrected chi connectivity index (χ1v) is 6.15. The number of halogens is 2. The van der Waals surface area contributed by atoms with E-state index in [9.17, 15) is 0 Å². The summed E-state index contributed by atoms with van der Waals surface area (Å²) in [4.78, 5) is 6.32. The normalized spacial score (nSPS) is 21.7. The van der Waals surface area contributed by atoms with E-state index >= 15 is 0 Å². The van der Waals surface area contributed by atoms with Crippen LogP contribution in [0.25, 0.3) is 0 Å². The first kappa shape index (κ1) is 11.2. The summed E-state index contributed by atoms with van der Waals surface area (Å²) in [6.45, 7) is 2.32. The number of alkyl halides is 1. The Balaban J connectivity index is 2.24. The minimum absolute atomic E-state index is 0.249. The van der Waals surface area contributed by atoms with Crippen LogP contribution in [0.2, 0.25) is 0 Å². The van der Waals surface area contributed by atoms with Gasteiger partial charge in [0.15, 0.2) is 0 Å².